The number of benzene rings is 2. The molecule has 0 bridgehead atoms. The fourth-order valence-corrected chi connectivity index (χ4v) is 3.66. The predicted octanol–water partition coefficient (Wildman–Crippen LogP) is 3.61. The highest BCUT2D eigenvalue weighted by Crippen LogP contribution is 2.19. The topological polar surface area (TPSA) is 52.7 Å². The van der Waals surface area contributed by atoms with E-state index in [0.717, 1.165) is 53.9 Å². The van der Waals surface area contributed by atoms with E-state index in [9.17, 15) is 9.59 Å². The third-order valence-corrected chi connectivity index (χ3v) is 5.21. The summed E-state index contributed by atoms with van der Waals surface area (Å²) >= 11 is 0. The van der Waals surface area contributed by atoms with Crippen LogP contribution in [0.25, 0.3) is 0 Å². The lowest BCUT2D eigenvalue weighted by molar-refractivity contribution is -0.117. The average molecular weight is 380 g/mol. The maximum atomic E-state index is 12.4. The Kier molecular flexibility index (Phi) is 6.47. The van der Waals surface area contributed by atoms with Crippen LogP contribution < -0.4 is 5.32 Å². The summed E-state index contributed by atoms with van der Waals surface area (Å²) in [6.45, 7) is 6.67. The molecule has 0 unspecified atom stereocenters. The van der Waals surface area contributed by atoms with Crippen molar-refractivity contribution in [3.05, 3.63) is 64.7 Å². The Labute approximate surface area is 167 Å². The Balaban J connectivity index is 1.53. The quantitative estimate of drug-likeness (QED) is 0.834. The number of nitrogens with one attached hydrogen (secondary N) is 1. The third kappa shape index (κ3) is 4.98. The third-order valence-electron chi connectivity index (χ3n) is 5.21. The minimum Gasteiger partial charge on any atom is -0.339 e. The molecule has 1 fully saturated rings. The molecular weight excluding hydrogens is 350 g/mol. The molecule has 1 aliphatic rings. The first kappa shape index (κ1) is 20.1. The van der Waals surface area contributed by atoms with Gasteiger partial charge in [0.15, 0.2) is 0 Å². The fourth-order valence-electron chi connectivity index (χ4n) is 3.66. The molecule has 0 spiro atoms. The summed E-state index contributed by atoms with van der Waals surface area (Å²) in [5, 5.41) is 3.02. The fraction of sp³-hybridized carbons (Fsp3) is 0.391. The average Bonchev–Trinajstić information content (AvgIpc) is 3.19. The molecule has 1 saturated heterocycles. The number of rotatable bonds is 6. The molecule has 28 heavy (non-hydrogen) atoms. The van der Waals surface area contributed by atoms with E-state index in [1.54, 1.807) is 0 Å². The van der Waals surface area contributed by atoms with Crippen molar-refractivity contribution in [2.24, 2.45) is 0 Å². The summed E-state index contributed by atoms with van der Waals surface area (Å²) in [6, 6.07) is 13.7. The van der Waals surface area contributed by atoms with Crippen LogP contribution in [-0.2, 0) is 11.3 Å². The van der Waals surface area contributed by atoms with E-state index in [1.807, 2.05) is 73.2 Å². The van der Waals surface area contributed by atoms with Crippen LogP contribution in [0.15, 0.2) is 42.5 Å². The molecule has 0 atom stereocenters. The van der Waals surface area contributed by atoms with Crippen LogP contribution in [0.2, 0.25) is 0 Å². The maximum Gasteiger partial charge on any atom is 0.253 e. The highest BCUT2D eigenvalue weighted by Gasteiger charge is 2.19. The zero-order chi connectivity index (χ0) is 20.1. The largest absolute Gasteiger partial charge is 0.339 e. The molecule has 2 aromatic carbocycles. The molecule has 2 amide bonds. The van der Waals surface area contributed by atoms with Gasteiger partial charge in [0, 0.05) is 30.9 Å². The van der Waals surface area contributed by atoms with E-state index in [1.165, 1.54) is 0 Å². The lowest BCUT2D eigenvalue weighted by atomic mass is 10.1. The molecule has 0 aromatic heterocycles. The molecule has 5 nitrogen and oxygen atoms in total. The molecule has 0 aliphatic carbocycles. The van der Waals surface area contributed by atoms with Gasteiger partial charge in [0.05, 0.1) is 6.54 Å². The molecule has 5 heteroatoms. The van der Waals surface area contributed by atoms with Gasteiger partial charge < -0.3 is 10.2 Å². The lowest BCUT2D eigenvalue weighted by Crippen LogP contribution is -2.30. The van der Waals surface area contributed by atoms with E-state index < -0.39 is 0 Å². The SMILES string of the molecule is Cc1cccc(C)c1NC(=O)CN(C)Cc1ccc(C(=O)N2CCCC2)cc1. The Morgan fingerprint density at radius 1 is 1.00 bits per heavy atom. The number of carbonyl (C=O) groups excluding carboxylic acids is 2. The van der Waals surface area contributed by atoms with Crippen molar-refractivity contribution in [3.63, 3.8) is 0 Å². The van der Waals surface area contributed by atoms with Gasteiger partial charge in [-0.1, -0.05) is 30.3 Å². The normalized spacial score (nSPS) is 13.8. The second kappa shape index (κ2) is 9.02. The first-order valence-electron chi connectivity index (χ1n) is 9.87. The van der Waals surface area contributed by atoms with E-state index in [2.05, 4.69) is 5.32 Å². The van der Waals surface area contributed by atoms with Crippen molar-refractivity contribution in [2.75, 3.05) is 32.0 Å². The highest BCUT2D eigenvalue weighted by atomic mass is 16.2. The molecule has 1 heterocycles. The minimum atomic E-state index is -0.0271. The van der Waals surface area contributed by atoms with Gasteiger partial charge in [-0.2, -0.15) is 0 Å². The van der Waals surface area contributed by atoms with Crippen LogP contribution in [0, 0.1) is 13.8 Å². The van der Waals surface area contributed by atoms with E-state index in [0.29, 0.717) is 13.1 Å². The monoisotopic (exact) mass is 379 g/mol. The van der Waals surface area contributed by atoms with Crippen LogP contribution >= 0.6 is 0 Å². The van der Waals surface area contributed by atoms with Crippen LogP contribution in [-0.4, -0.2) is 48.3 Å². The zero-order valence-corrected chi connectivity index (χ0v) is 17.0. The zero-order valence-electron chi connectivity index (χ0n) is 17.0. The number of nitrogens with zero attached hydrogens (tertiary/aromatic N) is 2. The van der Waals surface area contributed by atoms with Crippen LogP contribution in [0.3, 0.4) is 0 Å². The number of carbonyl (C=O) groups is 2. The maximum absolute atomic E-state index is 12.4. The highest BCUT2D eigenvalue weighted by molar-refractivity contribution is 5.94. The number of amides is 2. The standard InChI is InChI=1S/C23H29N3O2/c1-17-7-6-8-18(2)22(17)24-21(27)16-25(3)15-19-9-11-20(12-10-19)23(28)26-13-4-5-14-26/h6-12H,4-5,13-16H2,1-3H3,(H,24,27). The number of aryl methyl sites for hydroxylation is 2. The van der Waals surface area contributed by atoms with E-state index in [4.69, 9.17) is 0 Å². The van der Waals surface area contributed by atoms with Gasteiger partial charge in [-0.15, -0.1) is 0 Å². The second-order valence-corrected chi connectivity index (χ2v) is 7.68. The van der Waals surface area contributed by atoms with Gasteiger partial charge in [0.2, 0.25) is 5.91 Å². The number of likely N-dealkylation sites (N-methyl/N-ethyl adjacent to an activating group) is 1. The summed E-state index contributed by atoms with van der Waals surface area (Å²) in [5.74, 6) is 0.0890. The molecule has 3 rings (SSSR count). The smallest absolute Gasteiger partial charge is 0.253 e. The lowest BCUT2D eigenvalue weighted by Gasteiger charge is -2.18. The van der Waals surface area contributed by atoms with Gasteiger partial charge in [0.25, 0.3) is 5.91 Å². The molecule has 148 valence electrons. The van der Waals surface area contributed by atoms with Crippen molar-refractivity contribution in [1.82, 2.24) is 9.80 Å². The summed E-state index contributed by atoms with van der Waals surface area (Å²) in [7, 11) is 1.92. The molecular formula is C23H29N3O2. The molecule has 0 saturated carbocycles. The molecule has 0 radical (unpaired) electrons. The van der Waals surface area contributed by atoms with Crippen molar-refractivity contribution in [1.29, 1.82) is 0 Å². The van der Waals surface area contributed by atoms with Crippen molar-refractivity contribution in [2.45, 2.75) is 33.2 Å². The molecule has 2 aromatic rings. The number of para-hydroxylation sites is 1. The van der Waals surface area contributed by atoms with Gasteiger partial charge in [-0.05, 0) is 62.6 Å². The summed E-state index contributed by atoms with van der Waals surface area (Å²) < 4.78 is 0. The predicted molar refractivity (Wildman–Crippen MR) is 112 cm³/mol. The van der Waals surface area contributed by atoms with Crippen molar-refractivity contribution in [3.8, 4) is 0 Å². The van der Waals surface area contributed by atoms with Gasteiger partial charge in [-0.25, -0.2) is 0 Å². The van der Waals surface area contributed by atoms with E-state index in [-0.39, 0.29) is 11.8 Å². The van der Waals surface area contributed by atoms with Crippen LogP contribution in [0.1, 0.15) is 39.9 Å². The van der Waals surface area contributed by atoms with Crippen LogP contribution in [0.5, 0.6) is 0 Å². The summed E-state index contributed by atoms with van der Waals surface area (Å²) in [5.41, 5.74) is 4.84. The molecule has 1 N–H and O–H groups in total. The summed E-state index contributed by atoms with van der Waals surface area (Å²) in [4.78, 5) is 28.7. The number of hydrogen-bond acceptors (Lipinski definition) is 3. The summed E-state index contributed by atoms with van der Waals surface area (Å²) in [6.07, 6.45) is 2.19. The van der Waals surface area contributed by atoms with Gasteiger partial charge in [-0.3, -0.25) is 14.5 Å². The Hall–Kier alpha value is -2.66. The Bertz CT molecular complexity index is 819. The minimum absolute atomic E-state index is 0.0271. The van der Waals surface area contributed by atoms with Gasteiger partial charge in [0.1, 0.15) is 0 Å². The number of likely N-dealkylation sites (tertiary alicyclic amines) is 1. The second-order valence-electron chi connectivity index (χ2n) is 7.68. The van der Waals surface area contributed by atoms with Crippen LogP contribution in [0.4, 0.5) is 5.69 Å². The van der Waals surface area contributed by atoms with E-state index >= 15 is 0 Å². The number of hydrogen-bond donors (Lipinski definition) is 1. The van der Waals surface area contributed by atoms with Gasteiger partial charge >= 0.3 is 0 Å². The Morgan fingerprint density at radius 3 is 2.21 bits per heavy atom. The van der Waals surface area contributed by atoms with Crippen molar-refractivity contribution < 1.29 is 9.59 Å². The molecule has 1 aliphatic heterocycles. The first-order valence-corrected chi connectivity index (χ1v) is 9.87. The Morgan fingerprint density at radius 2 is 1.61 bits per heavy atom. The first-order chi connectivity index (χ1) is 13.4. The number of anilines is 1. The van der Waals surface area contributed by atoms with Crippen molar-refractivity contribution >= 4 is 17.5 Å².